The Morgan fingerprint density at radius 3 is 2.13 bits per heavy atom. The Hall–Kier alpha value is -2.30. The zero-order valence-electron chi connectivity index (χ0n) is 13.7. The highest BCUT2D eigenvalue weighted by Crippen LogP contribution is 2.17. The second kappa shape index (κ2) is 10.4. The van der Waals surface area contributed by atoms with Crippen molar-refractivity contribution in [3.8, 4) is 5.75 Å². The van der Waals surface area contributed by atoms with Crippen molar-refractivity contribution in [2.75, 3.05) is 19.8 Å². The molecule has 126 valence electrons. The molecule has 0 saturated carbocycles. The van der Waals surface area contributed by atoms with Gasteiger partial charge < -0.3 is 14.2 Å². The van der Waals surface area contributed by atoms with Crippen molar-refractivity contribution in [2.45, 2.75) is 26.7 Å². The highest BCUT2D eigenvalue weighted by atomic mass is 16.6. The smallest absolute Gasteiger partial charge is 0.320 e. The van der Waals surface area contributed by atoms with E-state index in [4.69, 9.17) is 14.2 Å². The van der Waals surface area contributed by atoms with Gasteiger partial charge in [-0.15, -0.1) is 0 Å². The summed E-state index contributed by atoms with van der Waals surface area (Å²) in [6.45, 7) is 7.95. The van der Waals surface area contributed by atoms with E-state index in [1.165, 1.54) is 0 Å². The van der Waals surface area contributed by atoms with Gasteiger partial charge in [0.15, 0.2) is 5.92 Å². The highest BCUT2D eigenvalue weighted by molar-refractivity contribution is 5.94. The van der Waals surface area contributed by atoms with Crippen LogP contribution in [-0.2, 0) is 25.5 Å². The van der Waals surface area contributed by atoms with Gasteiger partial charge in [0.05, 0.1) is 13.2 Å². The Labute approximate surface area is 137 Å². The first-order valence-corrected chi connectivity index (χ1v) is 7.78. The number of carbonyl (C=O) groups excluding carboxylic acids is 2. The lowest BCUT2D eigenvalue weighted by Crippen LogP contribution is -2.28. The van der Waals surface area contributed by atoms with Crippen LogP contribution in [0.4, 0.5) is 0 Å². The average Bonchev–Trinajstić information content (AvgIpc) is 2.55. The molecule has 0 bridgehead atoms. The third-order valence-corrected chi connectivity index (χ3v) is 3.16. The fraction of sp³-hybridized carbons (Fsp3) is 0.444. The summed E-state index contributed by atoms with van der Waals surface area (Å²) in [7, 11) is 0. The second-order valence-corrected chi connectivity index (χ2v) is 4.84. The molecule has 0 saturated heterocycles. The lowest BCUT2D eigenvalue weighted by Gasteiger charge is -2.14. The Bertz CT molecular complexity index is 489. The molecule has 5 nitrogen and oxygen atoms in total. The molecule has 0 atom stereocenters. The Morgan fingerprint density at radius 1 is 1.09 bits per heavy atom. The maximum atomic E-state index is 11.9. The number of carbonyl (C=O) groups is 2. The zero-order chi connectivity index (χ0) is 17.1. The Balaban J connectivity index is 2.64. The van der Waals surface area contributed by atoms with Gasteiger partial charge in [-0.1, -0.05) is 24.8 Å². The number of rotatable bonds is 10. The van der Waals surface area contributed by atoms with E-state index in [9.17, 15) is 9.59 Å². The Kier molecular flexibility index (Phi) is 8.50. The molecule has 0 spiro atoms. The van der Waals surface area contributed by atoms with Gasteiger partial charge in [0.1, 0.15) is 12.4 Å². The van der Waals surface area contributed by atoms with Crippen molar-refractivity contribution in [1.82, 2.24) is 0 Å². The van der Waals surface area contributed by atoms with E-state index in [0.29, 0.717) is 19.4 Å². The minimum absolute atomic E-state index is 0.240. The van der Waals surface area contributed by atoms with Crippen molar-refractivity contribution < 1.29 is 23.8 Å². The molecule has 1 rings (SSSR count). The molecule has 23 heavy (non-hydrogen) atoms. The number of benzene rings is 1. The minimum atomic E-state index is -0.883. The van der Waals surface area contributed by atoms with Gasteiger partial charge in [0, 0.05) is 0 Å². The molecular weight excluding hydrogens is 296 g/mol. The summed E-state index contributed by atoms with van der Waals surface area (Å²) in [6, 6.07) is 7.52. The van der Waals surface area contributed by atoms with E-state index < -0.39 is 17.9 Å². The van der Waals surface area contributed by atoms with Gasteiger partial charge in [-0.05, 0) is 44.4 Å². The number of esters is 2. The van der Waals surface area contributed by atoms with Gasteiger partial charge in [0.2, 0.25) is 0 Å². The Morgan fingerprint density at radius 2 is 1.65 bits per heavy atom. The quantitative estimate of drug-likeness (QED) is 0.377. The first-order chi connectivity index (χ1) is 11.1. The zero-order valence-corrected chi connectivity index (χ0v) is 13.7. The van der Waals surface area contributed by atoms with Gasteiger partial charge >= 0.3 is 11.9 Å². The lowest BCUT2D eigenvalue weighted by atomic mass is 9.99. The number of aryl methyl sites for hydroxylation is 1. The lowest BCUT2D eigenvalue weighted by molar-refractivity contribution is -0.161. The van der Waals surface area contributed by atoms with Crippen molar-refractivity contribution in [3.63, 3.8) is 0 Å². The van der Waals surface area contributed by atoms with Crippen LogP contribution in [0.15, 0.2) is 36.9 Å². The summed E-state index contributed by atoms with van der Waals surface area (Å²) in [4.78, 5) is 23.8. The van der Waals surface area contributed by atoms with E-state index >= 15 is 0 Å². The molecule has 0 heterocycles. The van der Waals surface area contributed by atoms with Crippen LogP contribution >= 0.6 is 0 Å². The van der Waals surface area contributed by atoms with Crippen LogP contribution in [0.3, 0.4) is 0 Å². The first kappa shape index (κ1) is 18.7. The molecule has 0 N–H and O–H groups in total. The fourth-order valence-electron chi connectivity index (χ4n) is 2.04. The molecule has 0 aliphatic carbocycles. The predicted octanol–water partition coefficient (Wildman–Crippen LogP) is 2.93. The molecule has 5 heteroatoms. The van der Waals surface area contributed by atoms with Crippen LogP contribution in [-0.4, -0.2) is 31.8 Å². The van der Waals surface area contributed by atoms with Crippen LogP contribution in [0, 0.1) is 5.92 Å². The molecule has 0 fully saturated rings. The number of hydrogen-bond acceptors (Lipinski definition) is 5. The van der Waals surface area contributed by atoms with Gasteiger partial charge in [-0.25, -0.2) is 0 Å². The molecule has 0 radical (unpaired) electrons. The molecule has 1 aromatic carbocycles. The van der Waals surface area contributed by atoms with Crippen molar-refractivity contribution in [1.29, 1.82) is 0 Å². The molecular formula is C18H24O5. The van der Waals surface area contributed by atoms with E-state index in [1.54, 1.807) is 19.9 Å². The maximum Gasteiger partial charge on any atom is 0.320 e. The van der Waals surface area contributed by atoms with Crippen molar-refractivity contribution in [2.24, 2.45) is 5.92 Å². The average molecular weight is 320 g/mol. The van der Waals surface area contributed by atoms with Crippen LogP contribution in [0.5, 0.6) is 5.75 Å². The summed E-state index contributed by atoms with van der Waals surface area (Å²) in [5.74, 6) is -1.19. The summed E-state index contributed by atoms with van der Waals surface area (Å²) in [6.07, 6.45) is 2.60. The fourth-order valence-corrected chi connectivity index (χ4v) is 2.04. The van der Waals surface area contributed by atoms with Crippen molar-refractivity contribution in [3.05, 3.63) is 42.5 Å². The molecule has 0 aliphatic rings. The van der Waals surface area contributed by atoms with Gasteiger partial charge in [-0.2, -0.15) is 0 Å². The molecule has 0 unspecified atom stereocenters. The summed E-state index contributed by atoms with van der Waals surface area (Å²) < 4.78 is 15.3. The molecule has 0 aromatic heterocycles. The van der Waals surface area contributed by atoms with E-state index in [2.05, 4.69) is 6.58 Å². The predicted molar refractivity (Wildman–Crippen MR) is 87.2 cm³/mol. The monoisotopic (exact) mass is 320 g/mol. The normalized spacial score (nSPS) is 10.2. The van der Waals surface area contributed by atoms with Gasteiger partial charge in [0.25, 0.3) is 0 Å². The standard InChI is InChI=1S/C18H24O5/c1-4-13-23-15-10-7-14(8-11-15)9-12-16(17(19)21-5-2)18(20)22-6-3/h4,7-8,10-11,16H,1,5-6,9,12-13H2,2-3H3. The minimum Gasteiger partial charge on any atom is -0.490 e. The molecule has 0 aliphatic heterocycles. The van der Waals surface area contributed by atoms with Gasteiger partial charge in [-0.3, -0.25) is 9.59 Å². The SMILES string of the molecule is C=CCOc1ccc(CCC(C(=O)OCC)C(=O)OCC)cc1. The maximum absolute atomic E-state index is 11.9. The summed E-state index contributed by atoms with van der Waals surface area (Å²) in [5, 5.41) is 0. The number of hydrogen-bond donors (Lipinski definition) is 0. The molecule has 0 amide bonds. The first-order valence-electron chi connectivity index (χ1n) is 7.78. The van der Waals surface area contributed by atoms with E-state index in [1.807, 2.05) is 24.3 Å². The van der Waals surface area contributed by atoms with E-state index in [0.717, 1.165) is 11.3 Å². The van der Waals surface area contributed by atoms with E-state index in [-0.39, 0.29) is 13.2 Å². The third kappa shape index (κ3) is 6.55. The van der Waals surface area contributed by atoms with Crippen LogP contribution in [0.1, 0.15) is 25.8 Å². The molecule has 1 aromatic rings. The van der Waals surface area contributed by atoms with Crippen LogP contribution in [0.25, 0.3) is 0 Å². The number of ether oxygens (including phenoxy) is 3. The second-order valence-electron chi connectivity index (χ2n) is 4.84. The summed E-state index contributed by atoms with van der Waals surface area (Å²) >= 11 is 0. The largest absolute Gasteiger partial charge is 0.490 e. The topological polar surface area (TPSA) is 61.8 Å². The third-order valence-electron chi connectivity index (χ3n) is 3.16. The van der Waals surface area contributed by atoms with Crippen LogP contribution < -0.4 is 4.74 Å². The van der Waals surface area contributed by atoms with Crippen LogP contribution in [0.2, 0.25) is 0 Å². The summed E-state index contributed by atoms with van der Waals surface area (Å²) in [5.41, 5.74) is 1.01. The van der Waals surface area contributed by atoms with Crippen molar-refractivity contribution >= 4 is 11.9 Å². The highest BCUT2D eigenvalue weighted by Gasteiger charge is 2.29.